The van der Waals surface area contributed by atoms with E-state index in [1.165, 1.54) is 6.92 Å². The molecule has 2 amide bonds. The van der Waals surface area contributed by atoms with Crippen molar-refractivity contribution in [3.05, 3.63) is 34.9 Å². The fourth-order valence-corrected chi connectivity index (χ4v) is 1.71. The van der Waals surface area contributed by atoms with Crippen molar-refractivity contribution < 1.29 is 14.7 Å². The van der Waals surface area contributed by atoms with Crippen molar-refractivity contribution in [2.24, 2.45) is 0 Å². The summed E-state index contributed by atoms with van der Waals surface area (Å²) in [6.45, 7) is 1.69. The molecule has 0 saturated heterocycles. The Bertz CT molecular complexity index is 420. The van der Waals surface area contributed by atoms with E-state index in [4.69, 9.17) is 16.7 Å². The third-order valence-electron chi connectivity index (χ3n) is 2.36. The molecule has 3 N–H and O–H groups in total. The lowest BCUT2D eigenvalue weighted by molar-refractivity contribution is -0.119. The minimum absolute atomic E-state index is 0.162. The predicted molar refractivity (Wildman–Crippen MR) is 68.7 cm³/mol. The second kappa shape index (κ2) is 6.86. The first-order valence-corrected chi connectivity index (χ1v) is 5.86. The molecular formula is C12H15ClN2O3. The smallest absolute Gasteiger partial charge is 0.404 e. The van der Waals surface area contributed by atoms with Crippen LogP contribution in [0.25, 0.3) is 0 Å². The quantitative estimate of drug-likeness (QED) is 0.767. The van der Waals surface area contributed by atoms with E-state index in [1.807, 2.05) is 12.1 Å². The molecule has 0 heterocycles. The maximum atomic E-state index is 11.1. The largest absolute Gasteiger partial charge is 0.465 e. The molecule has 1 rings (SSSR count). The molecular weight excluding hydrogens is 256 g/mol. The van der Waals surface area contributed by atoms with Gasteiger partial charge in [0, 0.05) is 18.5 Å². The minimum atomic E-state index is -1.08. The van der Waals surface area contributed by atoms with Crippen molar-refractivity contribution in [1.29, 1.82) is 0 Å². The number of carbonyl (C=O) groups is 2. The summed E-state index contributed by atoms with van der Waals surface area (Å²) in [4.78, 5) is 21.5. The highest BCUT2D eigenvalue weighted by atomic mass is 35.5. The fourth-order valence-electron chi connectivity index (χ4n) is 1.59. The number of carbonyl (C=O) groups excluding carboxylic acids is 1. The fraction of sp³-hybridized carbons (Fsp3) is 0.333. The second-order valence-electron chi connectivity index (χ2n) is 3.83. The highest BCUT2D eigenvalue weighted by molar-refractivity contribution is 6.30. The van der Waals surface area contributed by atoms with Crippen LogP contribution in [0.3, 0.4) is 0 Å². The van der Waals surface area contributed by atoms with Gasteiger partial charge in [-0.15, -0.1) is 0 Å². The average molecular weight is 271 g/mol. The van der Waals surface area contributed by atoms with Crippen LogP contribution >= 0.6 is 11.6 Å². The lowest BCUT2D eigenvalue weighted by Gasteiger charge is -2.18. The van der Waals surface area contributed by atoms with Gasteiger partial charge in [-0.2, -0.15) is 0 Å². The summed E-state index contributed by atoms with van der Waals surface area (Å²) in [5.74, 6) is -0.162. The maximum Gasteiger partial charge on any atom is 0.404 e. The highest BCUT2D eigenvalue weighted by Crippen LogP contribution is 2.19. The van der Waals surface area contributed by atoms with Gasteiger partial charge in [0.05, 0.1) is 6.04 Å². The van der Waals surface area contributed by atoms with Crippen LogP contribution in [0.15, 0.2) is 24.3 Å². The molecule has 1 aromatic carbocycles. The van der Waals surface area contributed by atoms with Gasteiger partial charge in [0.15, 0.2) is 0 Å². The molecule has 0 aromatic heterocycles. The molecule has 0 spiro atoms. The number of hydrogen-bond donors (Lipinski definition) is 3. The Morgan fingerprint density at radius 2 is 1.94 bits per heavy atom. The molecule has 0 aliphatic rings. The summed E-state index contributed by atoms with van der Waals surface area (Å²) in [6, 6.07) is 6.85. The Kier molecular flexibility index (Phi) is 5.45. The monoisotopic (exact) mass is 270 g/mol. The zero-order valence-electron chi connectivity index (χ0n) is 9.94. The summed E-state index contributed by atoms with van der Waals surface area (Å²) in [5, 5.41) is 14.2. The number of benzene rings is 1. The maximum absolute atomic E-state index is 11.1. The number of carboxylic acid groups (broad SMARTS) is 1. The first kappa shape index (κ1) is 14.3. The summed E-state index contributed by atoms with van der Waals surface area (Å²) < 4.78 is 0. The van der Waals surface area contributed by atoms with E-state index in [9.17, 15) is 9.59 Å². The van der Waals surface area contributed by atoms with Crippen LogP contribution in [0.2, 0.25) is 5.02 Å². The molecule has 0 bridgehead atoms. The predicted octanol–water partition coefficient (Wildman–Crippen LogP) is 2.17. The first-order chi connectivity index (χ1) is 8.49. The summed E-state index contributed by atoms with van der Waals surface area (Å²) in [7, 11) is 0. The van der Waals surface area contributed by atoms with Gasteiger partial charge in [-0.3, -0.25) is 4.79 Å². The number of halogens is 1. The van der Waals surface area contributed by atoms with E-state index in [-0.39, 0.29) is 18.5 Å². The van der Waals surface area contributed by atoms with E-state index in [2.05, 4.69) is 10.6 Å². The van der Waals surface area contributed by atoms with E-state index >= 15 is 0 Å². The van der Waals surface area contributed by atoms with E-state index in [1.54, 1.807) is 12.1 Å². The number of amides is 2. The molecule has 5 nitrogen and oxygen atoms in total. The Morgan fingerprint density at radius 1 is 1.33 bits per heavy atom. The third-order valence-corrected chi connectivity index (χ3v) is 2.61. The van der Waals surface area contributed by atoms with E-state index in [0.29, 0.717) is 11.4 Å². The second-order valence-corrected chi connectivity index (χ2v) is 4.26. The van der Waals surface area contributed by atoms with Crippen molar-refractivity contribution in [3.8, 4) is 0 Å². The normalized spacial score (nSPS) is 11.7. The van der Waals surface area contributed by atoms with Crippen LogP contribution in [-0.2, 0) is 4.79 Å². The van der Waals surface area contributed by atoms with E-state index < -0.39 is 6.09 Å². The highest BCUT2D eigenvalue weighted by Gasteiger charge is 2.12. The first-order valence-electron chi connectivity index (χ1n) is 5.48. The standard InChI is InChI=1S/C12H15ClN2O3/c1-8(16)15-11(6-7-14-12(17)18)9-2-4-10(13)5-3-9/h2-5,11,14H,6-7H2,1H3,(H,15,16)(H,17,18). The van der Waals surface area contributed by atoms with Gasteiger partial charge in [-0.25, -0.2) is 4.79 Å². The molecule has 1 aromatic rings. The van der Waals surface area contributed by atoms with Gasteiger partial charge >= 0.3 is 6.09 Å². The molecule has 98 valence electrons. The zero-order chi connectivity index (χ0) is 13.5. The van der Waals surface area contributed by atoms with Crippen LogP contribution < -0.4 is 10.6 Å². The SMILES string of the molecule is CC(=O)NC(CCNC(=O)O)c1ccc(Cl)cc1. The number of hydrogen-bond acceptors (Lipinski definition) is 2. The van der Waals surface area contributed by atoms with Crippen LogP contribution in [0.1, 0.15) is 24.9 Å². The molecule has 1 unspecified atom stereocenters. The topological polar surface area (TPSA) is 78.4 Å². The van der Waals surface area contributed by atoms with Crippen LogP contribution in [0.4, 0.5) is 4.79 Å². The Morgan fingerprint density at radius 3 is 2.44 bits per heavy atom. The van der Waals surface area contributed by atoms with Gasteiger partial charge in [-0.1, -0.05) is 23.7 Å². The van der Waals surface area contributed by atoms with E-state index in [0.717, 1.165) is 5.56 Å². The van der Waals surface area contributed by atoms with Gasteiger partial charge in [0.2, 0.25) is 5.91 Å². The van der Waals surface area contributed by atoms with Gasteiger partial charge in [0.1, 0.15) is 0 Å². The summed E-state index contributed by atoms with van der Waals surface area (Å²) >= 11 is 5.79. The molecule has 0 fully saturated rings. The Hall–Kier alpha value is -1.75. The van der Waals surface area contributed by atoms with Crippen LogP contribution in [0, 0.1) is 0 Å². The van der Waals surface area contributed by atoms with Gasteiger partial charge in [0.25, 0.3) is 0 Å². The Balaban J connectivity index is 2.68. The minimum Gasteiger partial charge on any atom is -0.465 e. The molecule has 18 heavy (non-hydrogen) atoms. The molecule has 0 radical (unpaired) electrons. The summed E-state index contributed by atoms with van der Waals surface area (Å²) in [6.07, 6.45) is -0.597. The Labute approximate surface area is 110 Å². The van der Waals surface area contributed by atoms with Crippen molar-refractivity contribution in [1.82, 2.24) is 10.6 Å². The molecule has 0 saturated carbocycles. The van der Waals surface area contributed by atoms with Crippen molar-refractivity contribution >= 4 is 23.6 Å². The molecule has 1 atom stereocenters. The van der Waals surface area contributed by atoms with Crippen molar-refractivity contribution in [3.63, 3.8) is 0 Å². The zero-order valence-corrected chi connectivity index (χ0v) is 10.7. The van der Waals surface area contributed by atoms with Crippen LogP contribution in [0.5, 0.6) is 0 Å². The van der Waals surface area contributed by atoms with Gasteiger partial charge in [-0.05, 0) is 24.1 Å². The van der Waals surface area contributed by atoms with Gasteiger partial charge < -0.3 is 15.7 Å². The van der Waals surface area contributed by atoms with Crippen LogP contribution in [-0.4, -0.2) is 23.7 Å². The van der Waals surface area contributed by atoms with Crippen molar-refractivity contribution in [2.75, 3.05) is 6.54 Å². The molecule has 0 aliphatic heterocycles. The van der Waals surface area contributed by atoms with Crippen molar-refractivity contribution in [2.45, 2.75) is 19.4 Å². The third kappa shape index (κ3) is 5.05. The number of rotatable bonds is 5. The number of nitrogens with one attached hydrogen (secondary N) is 2. The lowest BCUT2D eigenvalue weighted by Crippen LogP contribution is -2.30. The average Bonchev–Trinajstić information content (AvgIpc) is 2.28. The molecule has 6 heteroatoms. The summed E-state index contributed by atoms with van der Waals surface area (Å²) in [5.41, 5.74) is 0.891. The molecule has 0 aliphatic carbocycles. The lowest BCUT2D eigenvalue weighted by atomic mass is 10.0.